The Morgan fingerprint density at radius 3 is 2.27 bits per heavy atom. The molecule has 3 rings (SSSR count). The van der Waals surface area contributed by atoms with Crippen LogP contribution in [0.1, 0.15) is 44.6 Å². The lowest BCUT2D eigenvalue weighted by atomic mass is 10.0. The van der Waals surface area contributed by atoms with Gasteiger partial charge in [0.2, 0.25) is 0 Å². The smallest absolute Gasteiger partial charge is 0.494 e. The van der Waals surface area contributed by atoms with E-state index in [0.29, 0.717) is 28.0 Å². The number of unbranched alkanes of at least 4 members (excludes halogenated alkanes) is 2. The molecule has 0 aliphatic rings. The molecule has 0 aliphatic heterocycles. The maximum absolute atomic E-state index is 14.1. The molecule has 0 fully saturated rings. The van der Waals surface area contributed by atoms with Crippen LogP contribution >= 0.6 is 0 Å². The summed E-state index contributed by atoms with van der Waals surface area (Å²) < 4.78 is 111. The van der Waals surface area contributed by atoms with Crippen molar-refractivity contribution in [2.45, 2.75) is 70.0 Å². The number of benzene rings is 2. The zero-order valence-corrected chi connectivity index (χ0v) is 24.8. The van der Waals surface area contributed by atoms with Gasteiger partial charge in [-0.05, 0) is 48.7 Å². The quantitative estimate of drug-likeness (QED) is 0.0639. The SMILES string of the molecule is CCCCCc1ccc(-c2cc3ccc(OCCC(F)(F)OC(F)(F)OC(F)(F)CCOC(=O)C(N)CN)cc3o2)c(OC)c1. The highest BCUT2D eigenvalue weighted by atomic mass is 19.3. The zero-order chi connectivity index (χ0) is 33.3. The summed E-state index contributed by atoms with van der Waals surface area (Å²) in [5.74, 6) is 0.0414. The number of carbonyl (C=O) groups excluding carboxylic acids is 1. The van der Waals surface area contributed by atoms with Gasteiger partial charge in [0, 0.05) is 18.0 Å². The zero-order valence-electron chi connectivity index (χ0n) is 24.8. The Hall–Kier alpha value is -3.53. The second kappa shape index (κ2) is 15.7. The normalized spacial score (nSPS) is 13.2. The third-order valence-corrected chi connectivity index (χ3v) is 6.48. The third kappa shape index (κ3) is 11.1. The molecule has 1 aromatic heterocycles. The number of hydrogen-bond donors (Lipinski definition) is 2. The molecule has 0 saturated heterocycles. The molecule has 0 amide bonds. The monoisotopic (exact) mass is 650 g/mol. The lowest BCUT2D eigenvalue weighted by molar-refractivity contribution is -0.514. The van der Waals surface area contributed by atoms with E-state index >= 15 is 0 Å². The second-order valence-corrected chi connectivity index (χ2v) is 10.1. The van der Waals surface area contributed by atoms with Gasteiger partial charge in [0.15, 0.2) is 0 Å². The van der Waals surface area contributed by atoms with E-state index in [1.165, 1.54) is 12.1 Å². The van der Waals surface area contributed by atoms with Gasteiger partial charge in [-0.1, -0.05) is 25.8 Å². The Morgan fingerprint density at radius 2 is 1.62 bits per heavy atom. The first-order chi connectivity index (χ1) is 21.2. The summed E-state index contributed by atoms with van der Waals surface area (Å²) in [5.41, 5.74) is 12.5. The van der Waals surface area contributed by atoms with Gasteiger partial charge in [0.1, 0.15) is 28.9 Å². The minimum atomic E-state index is -5.40. The number of esters is 1. The van der Waals surface area contributed by atoms with Crippen molar-refractivity contribution in [2.24, 2.45) is 11.5 Å². The maximum Gasteiger partial charge on any atom is 0.494 e. The molecule has 0 spiro atoms. The molecule has 1 heterocycles. The van der Waals surface area contributed by atoms with E-state index in [-0.39, 0.29) is 12.3 Å². The van der Waals surface area contributed by atoms with Gasteiger partial charge in [-0.3, -0.25) is 4.79 Å². The first kappa shape index (κ1) is 35.9. The molecule has 4 N–H and O–H groups in total. The number of methoxy groups -OCH3 is 1. The van der Waals surface area contributed by atoms with Crippen LogP contribution in [0.4, 0.5) is 26.3 Å². The summed E-state index contributed by atoms with van der Waals surface area (Å²) in [6, 6.07) is 10.8. The van der Waals surface area contributed by atoms with E-state index in [1.54, 1.807) is 19.2 Å². The van der Waals surface area contributed by atoms with Crippen LogP contribution in [0.15, 0.2) is 46.9 Å². The molecule has 1 atom stereocenters. The number of hydrogen-bond acceptors (Lipinski definition) is 9. The third-order valence-electron chi connectivity index (χ3n) is 6.48. The minimum absolute atomic E-state index is 0.0795. The van der Waals surface area contributed by atoms with Gasteiger partial charge in [0.25, 0.3) is 0 Å². The Labute approximate surface area is 255 Å². The van der Waals surface area contributed by atoms with Crippen molar-refractivity contribution in [3.8, 4) is 22.8 Å². The van der Waals surface area contributed by atoms with Crippen LogP contribution in [0.25, 0.3) is 22.3 Å². The molecule has 0 saturated carbocycles. The van der Waals surface area contributed by atoms with Gasteiger partial charge in [0.05, 0.1) is 38.7 Å². The van der Waals surface area contributed by atoms with Crippen molar-refractivity contribution >= 4 is 16.9 Å². The van der Waals surface area contributed by atoms with Crippen molar-refractivity contribution in [1.29, 1.82) is 0 Å². The van der Waals surface area contributed by atoms with Crippen LogP contribution in [-0.2, 0) is 25.4 Å². The van der Waals surface area contributed by atoms with Gasteiger partial charge >= 0.3 is 24.5 Å². The number of alkyl halides is 6. The highest BCUT2D eigenvalue weighted by Crippen LogP contribution is 2.38. The van der Waals surface area contributed by atoms with Crippen molar-refractivity contribution < 1.29 is 59.2 Å². The lowest BCUT2D eigenvalue weighted by Crippen LogP contribution is -2.42. The van der Waals surface area contributed by atoms with E-state index in [0.717, 1.165) is 31.2 Å². The van der Waals surface area contributed by atoms with Gasteiger partial charge in [-0.15, -0.1) is 8.78 Å². The van der Waals surface area contributed by atoms with E-state index in [9.17, 15) is 31.1 Å². The first-order valence-electron chi connectivity index (χ1n) is 14.2. The Morgan fingerprint density at radius 1 is 0.933 bits per heavy atom. The molecule has 1 unspecified atom stereocenters. The molecule has 2 aromatic carbocycles. The molecule has 250 valence electrons. The largest absolute Gasteiger partial charge is 0.496 e. The topological polar surface area (TPSA) is 128 Å². The number of halogens is 6. The Bertz CT molecular complexity index is 1400. The summed E-state index contributed by atoms with van der Waals surface area (Å²) in [6.07, 6.45) is -13.5. The van der Waals surface area contributed by atoms with Gasteiger partial charge in [-0.2, -0.15) is 17.6 Å². The predicted molar refractivity (Wildman–Crippen MR) is 151 cm³/mol. The summed E-state index contributed by atoms with van der Waals surface area (Å²) >= 11 is 0. The van der Waals surface area contributed by atoms with Gasteiger partial charge < -0.3 is 30.1 Å². The fourth-order valence-corrected chi connectivity index (χ4v) is 4.14. The minimum Gasteiger partial charge on any atom is -0.496 e. The molecule has 0 bridgehead atoms. The fourth-order valence-electron chi connectivity index (χ4n) is 4.14. The van der Waals surface area contributed by atoms with Crippen molar-refractivity contribution in [3.05, 3.63) is 48.0 Å². The second-order valence-electron chi connectivity index (χ2n) is 10.1. The maximum atomic E-state index is 14.1. The van der Waals surface area contributed by atoms with Crippen LogP contribution < -0.4 is 20.9 Å². The molecule has 0 aliphatic carbocycles. The highest BCUT2D eigenvalue weighted by Gasteiger charge is 2.52. The predicted octanol–water partition coefficient (Wildman–Crippen LogP) is 6.60. The van der Waals surface area contributed by atoms with E-state index in [4.69, 9.17) is 25.4 Å². The number of aryl methyl sites for hydroxylation is 1. The number of fused-ring (bicyclic) bond motifs is 1. The average Bonchev–Trinajstić information content (AvgIpc) is 3.38. The molecule has 0 radical (unpaired) electrons. The number of rotatable bonds is 19. The summed E-state index contributed by atoms with van der Waals surface area (Å²) in [4.78, 5) is 11.3. The van der Waals surface area contributed by atoms with Crippen LogP contribution in [0, 0.1) is 0 Å². The van der Waals surface area contributed by atoms with Gasteiger partial charge in [-0.25, -0.2) is 9.47 Å². The highest BCUT2D eigenvalue weighted by molar-refractivity contribution is 5.85. The van der Waals surface area contributed by atoms with Crippen LogP contribution in [0.2, 0.25) is 0 Å². The molecule has 9 nitrogen and oxygen atoms in total. The first-order valence-corrected chi connectivity index (χ1v) is 14.2. The van der Waals surface area contributed by atoms with Crippen molar-refractivity contribution in [2.75, 3.05) is 26.9 Å². The van der Waals surface area contributed by atoms with Crippen molar-refractivity contribution in [3.63, 3.8) is 0 Å². The van der Waals surface area contributed by atoms with E-state index < -0.39 is 56.6 Å². The molecule has 45 heavy (non-hydrogen) atoms. The van der Waals surface area contributed by atoms with Crippen molar-refractivity contribution in [1.82, 2.24) is 0 Å². The number of ether oxygens (including phenoxy) is 5. The Balaban J connectivity index is 1.55. The molecular formula is C30H36F6N2O7. The van der Waals surface area contributed by atoms with E-state index in [1.807, 2.05) is 18.2 Å². The molecule has 3 aromatic rings. The Kier molecular flexibility index (Phi) is 12.5. The summed E-state index contributed by atoms with van der Waals surface area (Å²) in [7, 11) is 1.55. The average molecular weight is 651 g/mol. The van der Waals surface area contributed by atoms with Crippen LogP contribution in [0.5, 0.6) is 11.5 Å². The molecular weight excluding hydrogens is 614 g/mol. The van der Waals surface area contributed by atoms with Crippen LogP contribution in [-0.4, -0.2) is 57.4 Å². The number of furan rings is 1. The molecule has 15 heteroatoms. The number of carbonyl (C=O) groups is 1. The number of nitrogens with two attached hydrogens (primary N) is 2. The fraction of sp³-hybridized carbons (Fsp3) is 0.500. The standard InChI is InChI=1S/C30H36F6N2O7/c1-3-4-5-6-19-7-10-22(25(15-19)40-2)26-16-20-8-9-21(17-24(20)43-26)41-13-11-28(31,32)44-30(35,36)45-29(33,34)12-14-42-27(39)23(38)18-37/h7-10,15-17,23H,3-6,11-14,18,37-38H2,1-2H3. The summed E-state index contributed by atoms with van der Waals surface area (Å²) in [6.45, 7) is -0.145. The lowest BCUT2D eigenvalue weighted by Gasteiger charge is -2.26. The van der Waals surface area contributed by atoms with Crippen LogP contribution in [0.3, 0.4) is 0 Å². The summed E-state index contributed by atoms with van der Waals surface area (Å²) in [5, 5.41) is 0.676. The van der Waals surface area contributed by atoms with E-state index in [2.05, 4.69) is 21.1 Å².